The first-order valence-corrected chi connectivity index (χ1v) is 7.44. The highest BCUT2D eigenvalue weighted by molar-refractivity contribution is 5.72. The van der Waals surface area contributed by atoms with E-state index < -0.39 is 23.8 Å². The van der Waals surface area contributed by atoms with E-state index in [1.165, 1.54) is 0 Å². The van der Waals surface area contributed by atoms with Gasteiger partial charge in [0.05, 0.1) is 11.4 Å². The van der Waals surface area contributed by atoms with Crippen molar-refractivity contribution in [3.63, 3.8) is 0 Å². The Morgan fingerprint density at radius 2 is 2.00 bits per heavy atom. The van der Waals surface area contributed by atoms with Gasteiger partial charge in [0.1, 0.15) is 5.60 Å². The van der Waals surface area contributed by atoms with E-state index in [1.54, 1.807) is 20.8 Å². The Hall–Kier alpha value is -1.63. The molecule has 2 aliphatic heterocycles. The molecular formula is C15H23F2N3O2. The molecule has 0 aliphatic carbocycles. The van der Waals surface area contributed by atoms with E-state index in [1.807, 2.05) is 0 Å². The van der Waals surface area contributed by atoms with E-state index in [0.717, 1.165) is 24.1 Å². The topological polar surface area (TPSA) is 67.6 Å². The molecule has 2 rings (SSSR count). The summed E-state index contributed by atoms with van der Waals surface area (Å²) in [6.07, 6.45) is -0.732. The van der Waals surface area contributed by atoms with Gasteiger partial charge in [0, 0.05) is 5.92 Å². The van der Waals surface area contributed by atoms with Crippen molar-refractivity contribution in [1.29, 1.82) is 0 Å². The zero-order chi connectivity index (χ0) is 16.5. The maximum absolute atomic E-state index is 14.3. The Morgan fingerprint density at radius 1 is 1.41 bits per heavy atom. The van der Waals surface area contributed by atoms with Gasteiger partial charge >= 0.3 is 6.09 Å². The smallest absolute Gasteiger partial charge is 0.417 e. The summed E-state index contributed by atoms with van der Waals surface area (Å²) >= 11 is 0. The normalized spacial score (nSPS) is 24.3. The number of carbonyl (C=O) groups is 1. The van der Waals surface area contributed by atoms with E-state index in [4.69, 9.17) is 10.5 Å². The first kappa shape index (κ1) is 16.7. The third-order valence-electron chi connectivity index (χ3n) is 3.62. The maximum atomic E-state index is 14.3. The largest absolute Gasteiger partial charge is 0.443 e. The molecule has 22 heavy (non-hydrogen) atoms. The average molecular weight is 315 g/mol. The number of nitrogens with zero attached hydrogens (tertiary/aromatic N) is 1. The average Bonchev–Trinajstić information content (AvgIpc) is 2.41. The molecule has 1 atom stereocenters. The summed E-state index contributed by atoms with van der Waals surface area (Å²) in [4.78, 5) is 13.1. The van der Waals surface area contributed by atoms with Crippen molar-refractivity contribution in [3.8, 4) is 0 Å². The maximum Gasteiger partial charge on any atom is 0.417 e. The third-order valence-corrected chi connectivity index (χ3v) is 3.62. The number of halogens is 2. The number of piperidine rings is 1. The fraction of sp³-hybridized carbons (Fsp3) is 0.667. The number of ether oxygens (including phenoxy) is 1. The standard InChI is InChI=1S/C15H23F2N3O2/c1-15(2,3)22-14(21)20-12(9-4-6-19-7-5-9)11(18)8-10(16)13(20)17/h8-9,13,19H,4-7,18H2,1-3H3. The molecule has 1 amide bonds. The minimum atomic E-state index is -2.19. The Kier molecular flexibility index (Phi) is 4.75. The van der Waals surface area contributed by atoms with Gasteiger partial charge in [-0.3, -0.25) is 0 Å². The van der Waals surface area contributed by atoms with E-state index in [-0.39, 0.29) is 11.6 Å². The predicted molar refractivity (Wildman–Crippen MR) is 79.0 cm³/mol. The van der Waals surface area contributed by atoms with Crippen LogP contribution in [0.15, 0.2) is 23.3 Å². The molecule has 0 saturated carbocycles. The second-order valence-electron chi connectivity index (χ2n) is 6.58. The first-order chi connectivity index (χ1) is 10.2. The number of hydrogen-bond donors (Lipinski definition) is 2. The van der Waals surface area contributed by atoms with E-state index in [9.17, 15) is 13.6 Å². The van der Waals surface area contributed by atoms with Crippen molar-refractivity contribution in [2.24, 2.45) is 11.7 Å². The van der Waals surface area contributed by atoms with Gasteiger partial charge in [-0.05, 0) is 52.8 Å². The Morgan fingerprint density at radius 3 is 2.55 bits per heavy atom. The molecule has 2 heterocycles. The molecule has 0 aromatic heterocycles. The highest BCUT2D eigenvalue weighted by Crippen LogP contribution is 2.35. The van der Waals surface area contributed by atoms with Gasteiger partial charge in [0.25, 0.3) is 0 Å². The molecule has 1 unspecified atom stereocenters. The fourth-order valence-electron chi connectivity index (χ4n) is 2.71. The zero-order valence-electron chi connectivity index (χ0n) is 13.2. The minimum Gasteiger partial charge on any atom is -0.443 e. The monoisotopic (exact) mass is 315 g/mol. The van der Waals surface area contributed by atoms with Crippen LogP contribution in [0.25, 0.3) is 0 Å². The molecule has 124 valence electrons. The number of allylic oxidation sites excluding steroid dienone is 2. The molecule has 5 nitrogen and oxygen atoms in total. The van der Waals surface area contributed by atoms with Crippen LogP contribution in [-0.2, 0) is 4.74 Å². The quantitative estimate of drug-likeness (QED) is 0.730. The number of carbonyl (C=O) groups excluding carboxylic acids is 1. The summed E-state index contributed by atoms with van der Waals surface area (Å²) in [5.41, 5.74) is 5.49. The lowest BCUT2D eigenvalue weighted by atomic mass is 9.91. The summed E-state index contributed by atoms with van der Waals surface area (Å²) in [5, 5.41) is 3.19. The van der Waals surface area contributed by atoms with Crippen LogP contribution >= 0.6 is 0 Å². The van der Waals surface area contributed by atoms with Gasteiger partial charge in [-0.25, -0.2) is 18.5 Å². The van der Waals surface area contributed by atoms with Gasteiger partial charge in [-0.2, -0.15) is 0 Å². The Labute approximate surface area is 129 Å². The van der Waals surface area contributed by atoms with Gasteiger partial charge in [-0.15, -0.1) is 0 Å². The third kappa shape index (κ3) is 3.58. The van der Waals surface area contributed by atoms with Crippen LogP contribution in [0.5, 0.6) is 0 Å². The minimum absolute atomic E-state index is 0.0872. The summed E-state index contributed by atoms with van der Waals surface area (Å²) in [6.45, 7) is 6.50. The summed E-state index contributed by atoms with van der Waals surface area (Å²) in [7, 11) is 0. The summed E-state index contributed by atoms with van der Waals surface area (Å²) in [5.74, 6) is -1.18. The highest BCUT2D eigenvalue weighted by Gasteiger charge is 2.40. The molecule has 2 aliphatic rings. The van der Waals surface area contributed by atoms with Crippen molar-refractivity contribution < 1.29 is 18.3 Å². The molecular weight excluding hydrogens is 292 g/mol. The summed E-state index contributed by atoms with van der Waals surface area (Å²) in [6, 6.07) is 0. The van der Waals surface area contributed by atoms with Crippen molar-refractivity contribution in [2.45, 2.75) is 45.5 Å². The predicted octanol–water partition coefficient (Wildman–Crippen LogP) is 2.56. The molecule has 0 bridgehead atoms. The first-order valence-electron chi connectivity index (χ1n) is 7.44. The van der Waals surface area contributed by atoms with E-state index in [2.05, 4.69) is 5.32 Å². The van der Waals surface area contributed by atoms with Gasteiger partial charge < -0.3 is 15.8 Å². The van der Waals surface area contributed by atoms with Crippen molar-refractivity contribution >= 4 is 6.09 Å². The number of hydrogen-bond acceptors (Lipinski definition) is 4. The second kappa shape index (κ2) is 6.24. The van der Waals surface area contributed by atoms with Crippen LogP contribution in [0.3, 0.4) is 0 Å². The zero-order valence-corrected chi connectivity index (χ0v) is 13.2. The molecule has 3 N–H and O–H groups in total. The van der Waals surface area contributed by atoms with E-state index in [0.29, 0.717) is 18.5 Å². The number of alkyl halides is 1. The van der Waals surface area contributed by atoms with Crippen molar-refractivity contribution in [1.82, 2.24) is 10.2 Å². The lowest BCUT2D eigenvalue weighted by Gasteiger charge is -2.38. The van der Waals surface area contributed by atoms with Crippen LogP contribution in [0, 0.1) is 5.92 Å². The van der Waals surface area contributed by atoms with Gasteiger partial charge in [0.15, 0.2) is 5.83 Å². The van der Waals surface area contributed by atoms with Crippen molar-refractivity contribution in [2.75, 3.05) is 13.1 Å². The van der Waals surface area contributed by atoms with Crippen LogP contribution in [0.1, 0.15) is 33.6 Å². The van der Waals surface area contributed by atoms with Crippen LogP contribution in [-0.4, -0.2) is 36.0 Å². The van der Waals surface area contributed by atoms with Crippen LogP contribution < -0.4 is 11.1 Å². The molecule has 0 aromatic carbocycles. The highest BCUT2D eigenvalue weighted by atomic mass is 19.2. The van der Waals surface area contributed by atoms with Crippen LogP contribution in [0.2, 0.25) is 0 Å². The Balaban J connectivity index is 2.34. The number of amides is 1. The van der Waals surface area contributed by atoms with Crippen LogP contribution in [0.4, 0.5) is 13.6 Å². The number of rotatable bonds is 1. The second-order valence-corrected chi connectivity index (χ2v) is 6.58. The fourth-order valence-corrected chi connectivity index (χ4v) is 2.71. The lowest BCUT2D eigenvalue weighted by Crippen LogP contribution is -2.47. The summed E-state index contributed by atoms with van der Waals surface area (Å²) < 4.78 is 33.3. The molecule has 1 fully saturated rings. The van der Waals surface area contributed by atoms with E-state index >= 15 is 0 Å². The molecule has 1 saturated heterocycles. The molecule has 0 radical (unpaired) electrons. The lowest BCUT2D eigenvalue weighted by molar-refractivity contribution is 0.00543. The molecule has 0 spiro atoms. The SMILES string of the molecule is CC(C)(C)OC(=O)N1C(C2CCNCC2)=C(N)C=C(F)C1F. The molecule has 0 aromatic rings. The Bertz CT molecular complexity index is 505. The van der Waals surface area contributed by atoms with Gasteiger partial charge in [0.2, 0.25) is 6.30 Å². The number of nitrogens with one attached hydrogen (secondary N) is 1. The van der Waals surface area contributed by atoms with Crippen molar-refractivity contribution in [3.05, 3.63) is 23.3 Å². The number of nitrogens with two attached hydrogens (primary N) is 1. The van der Waals surface area contributed by atoms with Gasteiger partial charge in [-0.1, -0.05) is 0 Å². The molecule has 7 heteroatoms.